The Labute approximate surface area is 312 Å². The van der Waals surface area contributed by atoms with E-state index in [4.69, 9.17) is 4.42 Å². The Bertz CT molecular complexity index is 3230. The Morgan fingerprint density at radius 2 is 0.926 bits per heavy atom. The number of anilines is 3. The molecule has 0 bridgehead atoms. The van der Waals surface area contributed by atoms with Gasteiger partial charge in [-0.1, -0.05) is 158 Å². The summed E-state index contributed by atoms with van der Waals surface area (Å²) in [5.74, 6) is 0. The molecule has 54 heavy (non-hydrogen) atoms. The monoisotopic (exact) mass is 687 g/mol. The van der Waals surface area contributed by atoms with Gasteiger partial charge in [-0.3, -0.25) is 0 Å². The molecule has 0 aliphatic carbocycles. The highest BCUT2D eigenvalue weighted by Crippen LogP contribution is 2.46. The number of para-hydroxylation sites is 1. The van der Waals surface area contributed by atoms with E-state index in [2.05, 4.69) is 205 Å². The smallest absolute Gasteiger partial charge is 0.143 e. The molecular formula is C52H33NO. The van der Waals surface area contributed by atoms with Crippen molar-refractivity contribution in [1.82, 2.24) is 0 Å². The molecule has 10 aromatic carbocycles. The maximum absolute atomic E-state index is 6.64. The first-order chi connectivity index (χ1) is 26.8. The third-order valence-corrected chi connectivity index (χ3v) is 11.0. The van der Waals surface area contributed by atoms with Crippen molar-refractivity contribution in [3.63, 3.8) is 0 Å². The third-order valence-electron chi connectivity index (χ3n) is 11.0. The third kappa shape index (κ3) is 4.81. The summed E-state index contributed by atoms with van der Waals surface area (Å²) in [5.41, 5.74) is 9.79. The van der Waals surface area contributed by atoms with Crippen LogP contribution in [0.15, 0.2) is 205 Å². The second-order valence-electron chi connectivity index (χ2n) is 14.1. The van der Waals surface area contributed by atoms with Gasteiger partial charge in [0.15, 0.2) is 0 Å². The Hall–Kier alpha value is -7.16. The molecular weight excluding hydrogens is 655 g/mol. The van der Waals surface area contributed by atoms with Crippen LogP contribution in [0.4, 0.5) is 17.1 Å². The molecule has 0 atom stereocenters. The van der Waals surface area contributed by atoms with Crippen LogP contribution < -0.4 is 4.90 Å². The molecule has 2 heteroatoms. The van der Waals surface area contributed by atoms with Crippen molar-refractivity contribution in [2.24, 2.45) is 0 Å². The molecule has 11 rings (SSSR count). The lowest BCUT2D eigenvalue weighted by atomic mass is 9.94. The lowest BCUT2D eigenvalue weighted by Crippen LogP contribution is -2.11. The van der Waals surface area contributed by atoms with E-state index < -0.39 is 0 Å². The van der Waals surface area contributed by atoms with E-state index >= 15 is 0 Å². The first-order valence-corrected chi connectivity index (χ1v) is 18.5. The van der Waals surface area contributed by atoms with Crippen LogP contribution in [-0.4, -0.2) is 0 Å². The maximum atomic E-state index is 6.64. The minimum absolute atomic E-state index is 0.887. The van der Waals surface area contributed by atoms with Crippen molar-refractivity contribution < 1.29 is 4.42 Å². The second kappa shape index (κ2) is 12.2. The molecule has 0 radical (unpaired) electrons. The van der Waals surface area contributed by atoms with Crippen LogP contribution in [0.5, 0.6) is 0 Å². The van der Waals surface area contributed by atoms with Crippen LogP contribution in [0.2, 0.25) is 0 Å². The zero-order valence-corrected chi connectivity index (χ0v) is 29.4. The van der Waals surface area contributed by atoms with E-state index in [1.807, 2.05) is 0 Å². The van der Waals surface area contributed by atoms with Gasteiger partial charge in [0.25, 0.3) is 0 Å². The van der Waals surface area contributed by atoms with E-state index in [0.29, 0.717) is 0 Å². The number of hydrogen-bond donors (Lipinski definition) is 0. The van der Waals surface area contributed by atoms with Gasteiger partial charge in [0.05, 0.1) is 5.69 Å². The summed E-state index contributed by atoms with van der Waals surface area (Å²) in [6.07, 6.45) is 0. The van der Waals surface area contributed by atoms with Crippen LogP contribution in [0.25, 0.3) is 87.3 Å². The van der Waals surface area contributed by atoms with Gasteiger partial charge in [0, 0.05) is 33.1 Å². The predicted molar refractivity (Wildman–Crippen MR) is 229 cm³/mol. The first kappa shape index (κ1) is 30.5. The quantitative estimate of drug-likeness (QED) is 0.168. The van der Waals surface area contributed by atoms with E-state index in [9.17, 15) is 0 Å². The number of hydrogen-bond acceptors (Lipinski definition) is 2. The average Bonchev–Trinajstić information content (AvgIpc) is 3.64. The second-order valence-corrected chi connectivity index (χ2v) is 14.1. The predicted octanol–water partition coefficient (Wildman–Crippen LogP) is 15.0. The molecule has 0 saturated heterocycles. The molecule has 0 unspecified atom stereocenters. The van der Waals surface area contributed by atoms with Crippen LogP contribution in [-0.2, 0) is 0 Å². The van der Waals surface area contributed by atoms with E-state index in [0.717, 1.165) is 55.5 Å². The molecule has 0 spiro atoms. The minimum Gasteiger partial charge on any atom is -0.455 e. The van der Waals surface area contributed by atoms with Crippen molar-refractivity contribution in [1.29, 1.82) is 0 Å². The number of benzene rings is 10. The highest BCUT2D eigenvalue weighted by atomic mass is 16.3. The molecule has 0 saturated carbocycles. The molecule has 1 aromatic heterocycles. The summed E-state index contributed by atoms with van der Waals surface area (Å²) < 4.78 is 6.64. The molecule has 0 fully saturated rings. The highest BCUT2D eigenvalue weighted by molar-refractivity contribution is 6.20. The molecule has 0 aliphatic heterocycles. The number of nitrogens with zero attached hydrogens (tertiary/aromatic N) is 1. The van der Waals surface area contributed by atoms with Gasteiger partial charge in [-0.15, -0.1) is 0 Å². The summed E-state index contributed by atoms with van der Waals surface area (Å²) in [6, 6.07) is 72.3. The van der Waals surface area contributed by atoms with Crippen molar-refractivity contribution in [3.05, 3.63) is 200 Å². The highest BCUT2D eigenvalue weighted by Gasteiger charge is 2.21. The summed E-state index contributed by atoms with van der Waals surface area (Å²) >= 11 is 0. The molecule has 1 heterocycles. The van der Waals surface area contributed by atoms with Crippen LogP contribution in [0.3, 0.4) is 0 Å². The van der Waals surface area contributed by atoms with Crippen molar-refractivity contribution in [3.8, 4) is 22.3 Å². The number of rotatable bonds is 5. The Morgan fingerprint density at radius 3 is 1.78 bits per heavy atom. The van der Waals surface area contributed by atoms with Gasteiger partial charge in [0.2, 0.25) is 0 Å². The standard InChI is InChI=1S/C52H33NO/c1-2-14-38-33-40(30-23-34(38)11-1)53(39-28-24-37(25-29-39)42-18-9-19-44-41-15-5-3-12-35(41)26-31-45(42)44)49-21-8-7-17-46(49)47-20-10-22-50-51(47)48-32-27-36-13-4-6-16-43(36)52(48)54-50/h1-33H. The lowest BCUT2D eigenvalue weighted by molar-refractivity contribution is 0.673. The number of furan rings is 1. The van der Waals surface area contributed by atoms with Gasteiger partial charge in [-0.05, 0) is 96.9 Å². The molecule has 252 valence electrons. The van der Waals surface area contributed by atoms with Crippen LogP contribution >= 0.6 is 0 Å². The average molecular weight is 688 g/mol. The largest absolute Gasteiger partial charge is 0.455 e. The zero-order chi connectivity index (χ0) is 35.6. The Kier molecular flexibility index (Phi) is 6.90. The van der Waals surface area contributed by atoms with Gasteiger partial charge in [-0.2, -0.15) is 0 Å². The lowest BCUT2D eigenvalue weighted by Gasteiger charge is -2.28. The zero-order valence-electron chi connectivity index (χ0n) is 29.4. The van der Waals surface area contributed by atoms with Gasteiger partial charge < -0.3 is 9.32 Å². The topological polar surface area (TPSA) is 16.4 Å². The van der Waals surface area contributed by atoms with Gasteiger partial charge >= 0.3 is 0 Å². The van der Waals surface area contributed by atoms with E-state index in [1.165, 1.54) is 48.8 Å². The summed E-state index contributed by atoms with van der Waals surface area (Å²) in [6.45, 7) is 0. The minimum atomic E-state index is 0.887. The SMILES string of the molecule is c1ccc(N(c2ccc(-c3cccc4c3ccc3ccccc34)cc2)c2ccc3ccccc3c2)c(-c2cccc3oc4c5ccccc5ccc4c23)c1. The Morgan fingerprint density at radius 1 is 0.333 bits per heavy atom. The fraction of sp³-hybridized carbons (Fsp3) is 0. The van der Waals surface area contributed by atoms with Crippen molar-refractivity contribution in [2.45, 2.75) is 0 Å². The molecule has 0 N–H and O–H groups in total. The number of fused-ring (bicyclic) bond motifs is 9. The van der Waals surface area contributed by atoms with E-state index in [1.54, 1.807) is 0 Å². The Balaban J connectivity index is 1.11. The summed E-state index contributed by atoms with van der Waals surface area (Å²) in [5, 5.41) is 12.0. The van der Waals surface area contributed by atoms with Crippen molar-refractivity contribution >= 4 is 82.1 Å². The van der Waals surface area contributed by atoms with Gasteiger partial charge in [-0.25, -0.2) is 0 Å². The normalized spacial score (nSPS) is 11.7. The summed E-state index contributed by atoms with van der Waals surface area (Å²) in [4.78, 5) is 2.40. The first-order valence-electron chi connectivity index (χ1n) is 18.5. The molecule has 0 amide bonds. The summed E-state index contributed by atoms with van der Waals surface area (Å²) in [7, 11) is 0. The van der Waals surface area contributed by atoms with Crippen molar-refractivity contribution in [2.75, 3.05) is 4.90 Å². The maximum Gasteiger partial charge on any atom is 0.143 e. The molecule has 2 nitrogen and oxygen atoms in total. The molecule has 0 aliphatic rings. The fourth-order valence-corrected chi connectivity index (χ4v) is 8.50. The van der Waals surface area contributed by atoms with Crippen LogP contribution in [0.1, 0.15) is 0 Å². The fourth-order valence-electron chi connectivity index (χ4n) is 8.50. The molecule has 11 aromatic rings. The van der Waals surface area contributed by atoms with Gasteiger partial charge in [0.1, 0.15) is 11.2 Å². The van der Waals surface area contributed by atoms with E-state index in [-0.39, 0.29) is 0 Å². The van der Waals surface area contributed by atoms with Crippen LogP contribution in [0, 0.1) is 0 Å².